The Kier molecular flexibility index (Phi) is 7.92. The van der Waals surface area contributed by atoms with Crippen LogP contribution in [0.5, 0.6) is 0 Å². The van der Waals surface area contributed by atoms with E-state index in [-0.39, 0.29) is 5.82 Å². The molecule has 6 aromatic rings. The fourth-order valence-corrected chi connectivity index (χ4v) is 6.36. The summed E-state index contributed by atoms with van der Waals surface area (Å²) < 4.78 is 14.3. The van der Waals surface area contributed by atoms with E-state index >= 15 is 0 Å². The molecule has 0 nitrogen and oxygen atoms in total. The van der Waals surface area contributed by atoms with Crippen LogP contribution in [0.1, 0.15) is 11.1 Å². The number of aryl methyl sites for hydroxylation is 1. The molecule has 0 unspecified atom stereocenters. The van der Waals surface area contributed by atoms with Crippen molar-refractivity contribution < 1.29 is 4.39 Å². The standard InChI is InChI=1S/C38H26Cl3F/c1-23-8-3-4-11-31(23)38-36(25-14-18-28(39)19-15-25)34(27-9-7-10-29(40)22-27)24(2)35(32-12-5-6-13-33(32)41)37(38)26-16-20-30(42)21-17-26/h3-22H,1-2H3. The lowest BCUT2D eigenvalue weighted by Crippen LogP contribution is -2.02. The summed E-state index contributed by atoms with van der Waals surface area (Å²) in [7, 11) is 0. The molecule has 0 aliphatic heterocycles. The van der Waals surface area contributed by atoms with Crippen molar-refractivity contribution in [2.45, 2.75) is 13.8 Å². The SMILES string of the molecule is Cc1ccccc1-c1c(-c2ccc(Cl)cc2)c(-c2cccc(Cl)c2)c(C)c(-c2ccccc2Cl)c1-c1ccc(F)cc1. The number of rotatable bonds is 5. The second kappa shape index (κ2) is 11.8. The number of benzene rings is 6. The summed E-state index contributed by atoms with van der Waals surface area (Å²) in [6, 6.07) is 38.8. The van der Waals surface area contributed by atoms with Crippen molar-refractivity contribution in [2.24, 2.45) is 0 Å². The first-order chi connectivity index (χ1) is 20.3. The zero-order valence-electron chi connectivity index (χ0n) is 23.1. The summed E-state index contributed by atoms with van der Waals surface area (Å²) in [5.41, 5.74) is 12.1. The Morgan fingerprint density at radius 1 is 0.452 bits per heavy atom. The van der Waals surface area contributed by atoms with Crippen molar-refractivity contribution in [3.63, 3.8) is 0 Å². The second-order valence-electron chi connectivity index (χ2n) is 10.3. The predicted molar refractivity (Wildman–Crippen MR) is 178 cm³/mol. The van der Waals surface area contributed by atoms with Gasteiger partial charge in [-0.1, -0.05) is 114 Å². The highest BCUT2D eigenvalue weighted by Gasteiger charge is 2.28. The van der Waals surface area contributed by atoms with E-state index in [0.717, 1.165) is 66.8 Å². The van der Waals surface area contributed by atoms with E-state index in [1.165, 1.54) is 12.1 Å². The molecule has 0 aromatic heterocycles. The highest BCUT2D eigenvalue weighted by Crippen LogP contribution is 2.54. The molecule has 0 amide bonds. The van der Waals surface area contributed by atoms with Gasteiger partial charge in [-0.05, 0) is 118 Å². The third-order valence-corrected chi connectivity index (χ3v) is 8.50. The maximum atomic E-state index is 14.3. The van der Waals surface area contributed by atoms with E-state index < -0.39 is 0 Å². The van der Waals surface area contributed by atoms with Gasteiger partial charge in [-0.15, -0.1) is 0 Å². The van der Waals surface area contributed by atoms with Gasteiger partial charge in [0.2, 0.25) is 0 Å². The van der Waals surface area contributed by atoms with Gasteiger partial charge in [-0.2, -0.15) is 0 Å². The minimum absolute atomic E-state index is 0.291. The zero-order chi connectivity index (χ0) is 29.4. The van der Waals surface area contributed by atoms with Crippen molar-refractivity contribution in [3.8, 4) is 55.6 Å². The molecule has 0 aliphatic rings. The van der Waals surface area contributed by atoms with Crippen LogP contribution in [-0.2, 0) is 0 Å². The highest BCUT2D eigenvalue weighted by molar-refractivity contribution is 6.34. The minimum atomic E-state index is -0.291. The fraction of sp³-hybridized carbons (Fsp3) is 0.0526. The van der Waals surface area contributed by atoms with Gasteiger partial charge in [0, 0.05) is 20.6 Å². The molecule has 0 heterocycles. The predicted octanol–water partition coefficient (Wildman–Crippen LogP) is 12.7. The van der Waals surface area contributed by atoms with Crippen LogP contribution >= 0.6 is 34.8 Å². The summed E-state index contributed by atoms with van der Waals surface area (Å²) in [5.74, 6) is -0.291. The Morgan fingerprint density at radius 3 is 1.69 bits per heavy atom. The van der Waals surface area contributed by atoms with Gasteiger partial charge in [0.15, 0.2) is 0 Å². The second-order valence-corrected chi connectivity index (χ2v) is 11.6. The lowest BCUT2D eigenvalue weighted by molar-refractivity contribution is 0.628. The Morgan fingerprint density at radius 2 is 1.05 bits per heavy atom. The van der Waals surface area contributed by atoms with Gasteiger partial charge in [0.25, 0.3) is 0 Å². The molecule has 0 atom stereocenters. The number of hydrogen-bond acceptors (Lipinski definition) is 0. The van der Waals surface area contributed by atoms with E-state index in [4.69, 9.17) is 34.8 Å². The van der Waals surface area contributed by atoms with Gasteiger partial charge in [-0.25, -0.2) is 4.39 Å². The van der Waals surface area contributed by atoms with Gasteiger partial charge in [0.05, 0.1) is 0 Å². The van der Waals surface area contributed by atoms with Crippen LogP contribution in [0.15, 0.2) is 121 Å². The maximum Gasteiger partial charge on any atom is 0.123 e. The lowest BCUT2D eigenvalue weighted by Gasteiger charge is -2.28. The number of halogens is 4. The molecule has 0 N–H and O–H groups in total. The van der Waals surface area contributed by atoms with Gasteiger partial charge < -0.3 is 0 Å². The van der Waals surface area contributed by atoms with Crippen LogP contribution in [0.4, 0.5) is 4.39 Å². The van der Waals surface area contributed by atoms with Crippen molar-refractivity contribution >= 4 is 34.8 Å². The van der Waals surface area contributed by atoms with E-state index in [1.807, 2.05) is 72.8 Å². The molecule has 6 aromatic carbocycles. The molecule has 4 heteroatoms. The molecule has 0 radical (unpaired) electrons. The molecule has 0 spiro atoms. The quantitative estimate of drug-likeness (QED) is 0.183. The Hall–Kier alpha value is -3.88. The smallest absolute Gasteiger partial charge is 0.123 e. The summed E-state index contributed by atoms with van der Waals surface area (Å²) in [6.07, 6.45) is 0. The average Bonchev–Trinajstić information content (AvgIpc) is 2.98. The molecule has 0 saturated carbocycles. The molecule has 42 heavy (non-hydrogen) atoms. The highest BCUT2D eigenvalue weighted by atomic mass is 35.5. The first kappa shape index (κ1) is 28.2. The molecular weight excluding hydrogens is 582 g/mol. The largest absolute Gasteiger partial charge is 0.207 e. The third kappa shape index (κ3) is 5.25. The van der Waals surface area contributed by atoms with Gasteiger partial charge in [-0.3, -0.25) is 0 Å². The van der Waals surface area contributed by atoms with Crippen LogP contribution in [0, 0.1) is 19.7 Å². The molecule has 6 rings (SSSR count). The van der Waals surface area contributed by atoms with Crippen molar-refractivity contribution in [3.05, 3.63) is 153 Å². The fourth-order valence-electron chi connectivity index (χ4n) is 5.81. The Balaban J connectivity index is 1.93. The minimum Gasteiger partial charge on any atom is -0.207 e. The third-order valence-electron chi connectivity index (χ3n) is 7.69. The van der Waals surface area contributed by atoms with Crippen LogP contribution in [0.25, 0.3) is 55.6 Å². The molecule has 0 fully saturated rings. The average molecular weight is 608 g/mol. The van der Waals surface area contributed by atoms with Crippen LogP contribution in [0.2, 0.25) is 15.1 Å². The Labute approximate surface area is 261 Å². The molecular formula is C38H26Cl3F. The molecule has 0 bridgehead atoms. The van der Waals surface area contributed by atoms with E-state index in [0.29, 0.717) is 15.1 Å². The molecule has 206 valence electrons. The topological polar surface area (TPSA) is 0 Å². The first-order valence-electron chi connectivity index (χ1n) is 13.6. The summed E-state index contributed by atoms with van der Waals surface area (Å²) >= 11 is 19.9. The maximum absolute atomic E-state index is 14.3. The molecule has 0 aliphatic carbocycles. The van der Waals surface area contributed by atoms with Crippen molar-refractivity contribution in [1.29, 1.82) is 0 Å². The van der Waals surface area contributed by atoms with Crippen molar-refractivity contribution in [2.75, 3.05) is 0 Å². The van der Waals surface area contributed by atoms with Crippen LogP contribution in [0.3, 0.4) is 0 Å². The van der Waals surface area contributed by atoms with E-state index in [9.17, 15) is 4.39 Å². The van der Waals surface area contributed by atoms with E-state index in [2.05, 4.69) is 50.2 Å². The monoisotopic (exact) mass is 606 g/mol. The Bertz CT molecular complexity index is 1920. The summed E-state index contributed by atoms with van der Waals surface area (Å²) in [6.45, 7) is 4.24. The lowest BCUT2D eigenvalue weighted by atomic mass is 9.75. The van der Waals surface area contributed by atoms with Crippen LogP contribution < -0.4 is 0 Å². The first-order valence-corrected chi connectivity index (χ1v) is 14.8. The molecule has 0 saturated heterocycles. The number of hydrogen-bond donors (Lipinski definition) is 0. The normalized spacial score (nSPS) is 11.1. The van der Waals surface area contributed by atoms with Crippen molar-refractivity contribution in [1.82, 2.24) is 0 Å². The van der Waals surface area contributed by atoms with Gasteiger partial charge in [0.1, 0.15) is 5.82 Å². The zero-order valence-corrected chi connectivity index (χ0v) is 25.3. The van der Waals surface area contributed by atoms with Gasteiger partial charge >= 0.3 is 0 Å². The van der Waals surface area contributed by atoms with E-state index in [1.54, 1.807) is 0 Å². The summed E-state index contributed by atoms with van der Waals surface area (Å²) in [4.78, 5) is 0. The summed E-state index contributed by atoms with van der Waals surface area (Å²) in [5, 5.41) is 1.94. The van der Waals surface area contributed by atoms with Crippen LogP contribution in [-0.4, -0.2) is 0 Å².